The fourth-order valence-corrected chi connectivity index (χ4v) is 0.482. The van der Waals surface area contributed by atoms with Crippen molar-refractivity contribution in [3.8, 4) is 12.3 Å². The summed E-state index contributed by atoms with van der Waals surface area (Å²) in [5.41, 5.74) is 0. The van der Waals surface area contributed by atoms with Crippen LogP contribution in [0.25, 0.3) is 0 Å². The van der Waals surface area contributed by atoms with E-state index in [2.05, 4.69) is 16.0 Å². The Labute approximate surface area is 47.0 Å². The number of carbonyl (C=O) groups excluding carboxylic acids is 1. The normalized spacial score (nSPS) is 25.9. The van der Waals surface area contributed by atoms with E-state index in [9.17, 15) is 4.79 Å². The lowest BCUT2D eigenvalue weighted by atomic mass is 10.4. The zero-order valence-electron chi connectivity index (χ0n) is 4.18. The molecule has 3 nitrogen and oxygen atoms in total. The maximum absolute atomic E-state index is 10.2. The van der Waals surface area contributed by atoms with E-state index in [-0.39, 0.29) is 6.10 Å². The van der Waals surface area contributed by atoms with Crippen molar-refractivity contribution in [2.24, 2.45) is 0 Å². The average molecular weight is 111 g/mol. The number of rotatable bonds is 0. The molecule has 42 valence electrons. The van der Waals surface area contributed by atoms with Crippen molar-refractivity contribution in [2.45, 2.75) is 6.10 Å². The number of hydrogen-bond acceptors (Lipinski definition) is 2. The summed E-state index contributed by atoms with van der Waals surface area (Å²) in [6.45, 7) is 0.440. The van der Waals surface area contributed by atoms with Crippen LogP contribution in [0, 0.1) is 12.3 Å². The van der Waals surface area contributed by atoms with Gasteiger partial charge in [0, 0.05) is 0 Å². The first-order valence-electron chi connectivity index (χ1n) is 2.23. The Bertz CT molecular complexity index is 147. The predicted octanol–water partition coefficient (Wildman–Crippen LogP) is -0.272. The van der Waals surface area contributed by atoms with Crippen LogP contribution in [0.3, 0.4) is 0 Å². The number of terminal acetylenes is 1. The van der Waals surface area contributed by atoms with Crippen LogP contribution in [0.1, 0.15) is 0 Å². The van der Waals surface area contributed by atoms with Crippen LogP contribution < -0.4 is 5.32 Å². The molecular formula is C5H5NO2. The summed E-state index contributed by atoms with van der Waals surface area (Å²) >= 11 is 0. The van der Waals surface area contributed by atoms with Gasteiger partial charge in [-0.1, -0.05) is 5.92 Å². The molecular weight excluding hydrogens is 106 g/mol. The average Bonchev–Trinajstić information content (AvgIpc) is 2.14. The standard InChI is InChI=1S/C5H5NO2/c1-2-4-3-6-5(7)8-4/h1,4H,3H2,(H,6,7). The summed E-state index contributed by atoms with van der Waals surface area (Å²) in [6.07, 6.45) is 4.15. The lowest BCUT2D eigenvalue weighted by Gasteiger charge is -1.92. The maximum Gasteiger partial charge on any atom is 0.408 e. The zero-order valence-corrected chi connectivity index (χ0v) is 4.18. The first kappa shape index (κ1) is 4.98. The fraction of sp³-hybridized carbons (Fsp3) is 0.400. The Balaban J connectivity index is 2.47. The maximum atomic E-state index is 10.2. The molecule has 1 aliphatic rings. The van der Waals surface area contributed by atoms with Crippen LogP contribution in [-0.4, -0.2) is 18.7 Å². The Morgan fingerprint density at radius 3 is 3.00 bits per heavy atom. The van der Waals surface area contributed by atoms with Gasteiger partial charge >= 0.3 is 6.09 Å². The minimum Gasteiger partial charge on any atom is -0.431 e. The van der Waals surface area contributed by atoms with Crippen molar-refractivity contribution in [1.29, 1.82) is 0 Å². The first-order valence-corrected chi connectivity index (χ1v) is 2.23. The second kappa shape index (κ2) is 1.74. The Hall–Kier alpha value is -1.17. The minimum atomic E-state index is -0.423. The third-order valence-electron chi connectivity index (χ3n) is 0.867. The minimum absolute atomic E-state index is 0.359. The van der Waals surface area contributed by atoms with Gasteiger partial charge in [0.25, 0.3) is 0 Å². The lowest BCUT2D eigenvalue weighted by Crippen LogP contribution is -2.13. The molecule has 0 radical (unpaired) electrons. The number of cyclic esters (lactones) is 1. The number of ether oxygens (including phenoxy) is 1. The van der Waals surface area contributed by atoms with Gasteiger partial charge in [0.05, 0.1) is 6.54 Å². The van der Waals surface area contributed by atoms with Crippen molar-refractivity contribution in [3.05, 3.63) is 0 Å². The molecule has 8 heavy (non-hydrogen) atoms. The largest absolute Gasteiger partial charge is 0.431 e. The van der Waals surface area contributed by atoms with E-state index < -0.39 is 6.09 Å². The zero-order chi connectivity index (χ0) is 5.98. The third-order valence-corrected chi connectivity index (χ3v) is 0.867. The second-order valence-electron chi connectivity index (χ2n) is 1.44. The summed E-state index contributed by atoms with van der Waals surface area (Å²) in [5, 5.41) is 2.42. The fourth-order valence-electron chi connectivity index (χ4n) is 0.482. The van der Waals surface area contributed by atoms with Gasteiger partial charge in [0.15, 0.2) is 6.10 Å². The number of carbonyl (C=O) groups is 1. The highest BCUT2D eigenvalue weighted by Gasteiger charge is 2.18. The molecule has 0 aliphatic carbocycles. The van der Waals surface area contributed by atoms with Gasteiger partial charge in [-0.05, 0) is 0 Å². The third kappa shape index (κ3) is 0.733. The molecule has 0 aromatic heterocycles. The van der Waals surface area contributed by atoms with Crippen LogP contribution in [-0.2, 0) is 4.74 Å². The molecule has 1 unspecified atom stereocenters. The molecule has 1 amide bonds. The number of alkyl carbamates (subject to hydrolysis) is 1. The molecule has 1 saturated heterocycles. The molecule has 1 aliphatic heterocycles. The van der Waals surface area contributed by atoms with Gasteiger partial charge in [-0.2, -0.15) is 0 Å². The summed E-state index contributed by atoms with van der Waals surface area (Å²) in [5.74, 6) is 2.29. The van der Waals surface area contributed by atoms with Gasteiger partial charge < -0.3 is 10.1 Å². The van der Waals surface area contributed by atoms with Gasteiger partial charge in [0.2, 0.25) is 0 Å². The van der Waals surface area contributed by atoms with E-state index in [1.165, 1.54) is 0 Å². The smallest absolute Gasteiger partial charge is 0.408 e. The highest BCUT2D eigenvalue weighted by atomic mass is 16.6. The van der Waals surface area contributed by atoms with E-state index in [4.69, 9.17) is 6.42 Å². The highest BCUT2D eigenvalue weighted by molar-refractivity contribution is 5.69. The summed E-state index contributed by atoms with van der Waals surface area (Å²) in [6, 6.07) is 0. The Morgan fingerprint density at radius 1 is 2.00 bits per heavy atom. The summed E-state index contributed by atoms with van der Waals surface area (Å²) in [4.78, 5) is 10.2. The molecule has 0 bridgehead atoms. The highest BCUT2D eigenvalue weighted by Crippen LogP contribution is 1.95. The molecule has 0 saturated carbocycles. The van der Waals surface area contributed by atoms with Crippen LogP contribution in [0.4, 0.5) is 4.79 Å². The summed E-state index contributed by atoms with van der Waals surface area (Å²) in [7, 11) is 0. The van der Waals surface area contributed by atoms with E-state index in [1.807, 2.05) is 0 Å². The molecule has 1 atom stereocenters. The van der Waals surface area contributed by atoms with Crippen LogP contribution >= 0.6 is 0 Å². The lowest BCUT2D eigenvalue weighted by molar-refractivity contribution is 0.161. The van der Waals surface area contributed by atoms with Crippen LogP contribution in [0.15, 0.2) is 0 Å². The molecule has 0 aromatic carbocycles. The predicted molar refractivity (Wildman–Crippen MR) is 27.1 cm³/mol. The molecule has 3 heteroatoms. The molecule has 0 aromatic rings. The van der Waals surface area contributed by atoms with Gasteiger partial charge in [0.1, 0.15) is 0 Å². The quantitative estimate of drug-likeness (QED) is 0.437. The van der Waals surface area contributed by atoms with E-state index in [0.29, 0.717) is 6.54 Å². The van der Waals surface area contributed by atoms with Crippen molar-refractivity contribution < 1.29 is 9.53 Å². The first-order chi connectivity index (χ1) is 3.83. The number of amides is 1. The van der Waals surface area contributed by atoms with Gasteiger partial charge in [-0.3, -0.25) is 0 Å². The van der Waals surface area contributed by atoms with Crippen molar-refractivity contribution >= 4 is 6.09 Å². The Morgan fingerprint density at radius 2 is 2.75 bits per heavy atom. The number of nitrogens with one attached hydrogen (secondary N) is 1. The molecule has 1 fully saturated rings. The SMILES string of the molecule is C#CC1CNC(=O)O1. The molecule has 1 N–H and O–H groups in total. The van der Waals surface area contributed by atoms with Crippen molar-refractivity contribution in [1.82, 2.24) is 5.32 Å². The second-order valence-corrected chi connectivity index (χ2v) is 1.44. The summed E-state index contributed by atoms with van der Waals surface area (Å²) < 4.78 is 4.52. The van der Waals surface area contributed by atoms with E-state index in [1.54, 1.807) is 0 Å². The van der Waals surface area contributed by atoms with Crippen LogP contribution in [0.5, 0.6) is 0 Å². The van der Waals surface area contributed by atoms with Crippen molar-refractivity contribution in [3.63, 3.8) is 0 Å². The van der Waals surface area contributed by atoms with E-state index in [0.717, 1.165) is 0 Å². The molecule has 1 heterocycles. The number of hydrogen-bond donors (Lipinski definition) is 1. The van der Waals surface area contributed by atoms with Gasteiger partial charge in [-0.25, -0.2) is 4.79 Å². The van der Waals surface area contributed by atoms with Crippen molar-refractivity contribution in [2.75, 3.05) is 6.54 Å². The molecule has 0 spiro atoms. The van der Waals surface area contributed by atoms with E-state index >= 15 is 0 Å². The van der Waals surface area contributed by atoms with Gasteiger partial charge in [-0.15, -0.1) is 6.42 Å². The van der Waals surface area contributed by atoms with Crippen LogP contribution in [0.2, 0.25) is 0 Å². The Kier molecular flexibility index (Phi) is 1.09. The topological polar surface area (TPSA) is 38.3 Å². The molecule has 1 rings (SSSR count). The monoisotopic (exact) mass is 111 g/mol.